The second kappa shape index (κ2) is 3.55. The predicted octanol–water partition coefficient (Wildman–Crippen LogP) is 1.71. The second-order valence-electron chi connectivity index (χ2n) is 3.94. The fourth-order valence-corrected chi connectivity index (χ4v) is 1.29. The highest BCUT2D eigenvalue weighted by atomic mass is 16.5. The van der Waals surface area contributed by atoms with Crippen LogP contribution in [-0.4, -0.2) is 30.3 Å². The van der Waals surface area contributed by atoms with Crippen LogP contribution in [0.15, 0.2) is 0 Å². The molecule has 0 saturated carbocycles. The minimum Gasteiger partial charge on any atom is -0.361 e. The third-order valence-corrected chi connectivity index (χ3v) is 2.34. The van der Waals surface area contributed by atoms with Crippen LogP contribution in [0.2, 0.25) is 0 Å². The zero-order chi connectivity index (χ0) is 8.43. The van der Waals surface area contributed by atoms with E-state index in [1.807, 2.05) is 0 Å². The minimum atomic E-state index is 0.456. The van der Waals surface area contributed by atoms with Crippen molar-refractivity contribution in [3.63, 3.8) is 0 Å². The molecule has 1 aliphatic rings. The molecular weight excluding hydrogens is 138 g/mol. The molecule has 11 heavy (non-hydrogen) atoms. The third-order valence-electron chi connectivity index (χ3n) is 2.34. The number of nitrogens with zero attached hydrogens (tertiary/aromatic N) is 1. The average molecular weight is 157 g/mol. The minimum absolute atomic E-state index is 0.456. The number of hydrogen-bond donors (Lipinski definition) is 0. The summed E-state index contributed by atoms with van der Waals surface area (Å²) in [5.74, 6) is 0.652. The lowest BCUT2D eigenvalue weighted by Gasteiger charge is -2.18. The summed E-state index contributed by atoms with van der Waals surface area (Å²) in [6.45, 7) is 10.8. The van der Waals surface area contributed by atoms with Gasteiger partial charge in [0, 0.05) is 12.6 Å². The van der Waals surface area contributed by atoms with E-state index in [0.29, 0.717) is 18.1 Å². The van der Waals surface area contributed by atoms with Crippen LogP contribution in [0.4, 0.5) is 0 Å². The summed E-state index contributed by atoms with van der Waals surface area (Å²) in [5.41, 5.74) is 0. The van der Waals surface area contributed by atoms with Crippen molar-refractivity contribution in [2.45, 2.75) is 39.8 Å². The Morgan fingerprint density at radius 1 is 1.27 bits per heavy atom. The Kier molecular flexibility index (Phi) is 2.90. The molecule has 2 nitrogen and oxygen atoms in total. The van der Waals surface area contributed by atoms with Crippen molar-refractivity contribution in [3.05, 3.63) is 0 Å². The molecule has 1 saturated heterocycles. The quantitative estimate of drug-likeness (QED) is 0.605. The molecule has 1 aliphatic heterocycles. The molecule has 66 valence electrons. The van der Waals surface area contributed by atoms with Crippen LogP contribution in [0, 0.1) is 5.92 Å². The Morgan fingerprint density at radius 3 is 2.18 bits per heavy atom. The van der Waals surface area contributed by atoms with Crippen LogP contribution >= 0.6 is 0 Å². The van der Waals surface area contributed by atoms with Gasteiger partial charge in [0.05, 0.1) is 12.8 Å². The Bertz CT molecular complexity index is 109. The summed E-state index contributed by atoms with van der Waals surface area (Å²) in [6.07, 6.45) is 0.456. The maximum Gasteiger partial charge on any atom is 0.0997 e. The second-order valence-corrected chi connectivity index (χ2v) is 3.94. The largest absolute Gasteiger partial charge is 0.361 e. The van der Waals surface area contributed by atoms with Crippen LogP contribution in [0.25, 0.3) is 0 Å². The van der Waals surface area contributed by atoms with Crippen LogP contribution < -0.4 is 0 Å². The van der Waals surface area contributed by atoms with Crippen LogP contribution in [0.3, 0.4) is 0 Å². The Hall–Kier alpha value is -0.0800. The molecule has 1 fully saturated rings. The molecule has 1 rings (SSSR count). The summed E-state index contributed by atoms with van der Waals surface area (Å²) in [5, 5.41) is 0. The van der Waals surface area contributed by atoms with Gasteiger partial charge in [0.1, 0.15) is 0 Å². The van der Waals surface area contributed by atoms with Gasteiger partial charge in [0.2, 0.25) is 0 Å². The van der Waals surface area contributed by atoms with E-state index in [1.165, 1.54) is 0 Å². The molecule has 0 amide bonds. The van der Waals surface area contributed by atoms with Gasteiger partial charge >= 0.3 is 0 Å². The fourth-order valence-electron chi connectivity index (χ4n) is 1.29. The first kappa shape index (κ1) is 9.01. The molecule has 0 spiro atoms. The molecule has 1 heterocycles. The molecule has 1 atom stereocenters. The summed E-state index contributed by atoms with van der Waals surface area (Å²) < 4.78 is 5.61. The highest BCUT2D eigenvalue weighted by molar-refractivity contribution is 4.75. The SMILES string of the molecule is CC(C)C1CN(C(C)C)CO1. The van der Waals surface area contributed by atoms with Crippen LogP contribution in [0.1, 0.15) is 27.7 Å². The molecule has 2 heteroatoms. The van der Waals surface area contributed by atoms with Crippen molar-refractivity contribution in [2.24, 2.45) is 5.92 Å². The molecular formula is C9H19NO. The van der Waals surface area contributed by atoms with E-state index in [-0.39, 0.29) is 0 Å². The first-order valence-corrected chi connectivity index (χ1v) is 4.47. The molecule has 0 radical (unpaired) electrons. The molecule has 0 aliphatic carbocycles. The van der Waals surface area contributed by atoms with Gasteiger partial charge in [-0.1, -0.05) is 13.8 Å². The van der Waals surface area contributed by atoms with E-state index in [0.717, 1.165) is 13.3 Å². The van der Waals surface area contributed by atoms with Crippen molar-refractivity contribution in [3.8, 4) is 0 Å². The monoisotopic (exact) mass is 157 g/mol. The first-order valence-electron chi connectivity index (χ1n) is 4.47. The van der Waals surface area contributed by atoms with Gasteiger partial charge in [-0.25, -0.2) is 0 Å². The van der Waals surface area contributed by atoms with Crippen LogP contribution in [0.5, 0.6) is 0 Å². The molecule has 0 N–H and O–H groups in total. The Labute approximate surface area is 69.5 Å². The van der Waals surface area contributed by atoms with Crippen LogP contribution in [-0.2, 0) is 4.74 Å². The van der Waals surface area contributed by atoms with Gasteiger partial charge in [-0.3, -0.25) is 4.90 Å². The van der Waals surface area contributed by atoms with E-state index >= 15 is 0 Å². The molecule has 1 unspecified atom stereocenters. The maximum atomic E-state index is 5.61. The van der Waals surface area contributed by atoms with Crippen molar-refractivity contribution < 1.29 is 4.74 Å². The van der Waals surface area contributed by atoms with Crippen molar-refractivity contribution >= 4 is 0 Å². The molecule has 0 bridgehead atoms. The lowest BCUT2D eigenvalue weighted by Crippen LogP contribution is -2.30. The van der Waals surface area contributed by atoms with Gasteiger partial charge in [0.25, 0.3) is 0 Å². The van der Waals surface area contributed by atoms with Gasteiger partial charge in [-0.2, -0.15) is 0 Å². The lowest BCUT2D eigenvalue weighted by molar-refractivity contribution is 0.0595. The number of rotatable bonds is 2. The van der Waals surface area contributed by atoms with Crippen molar-refractivity contribution in [2.75, 3.05) is 13.3 Å². The standard InChI is InChI=1S/C9H19NO/c1-7(2)9-5-10(6-11-9)8(3)4/h7-9H,5-6H2,1-4H3. The Balaban J connectivity index is 2.35. The first-order chi connectivity index (χ1) is 5.11. The zero-order valence-corrected chi connectivity index (χ0v) is 8.00. The molecule has 0 aromatic rings. The number of hydrogen-bond acceptors (Lipinski definition) is 2. The number of ether oxygens (including phenoxy) is 1. The maximum absolute atomic E-state index is 5.61. The summed E-state index contributed by atoms with van der Waals surface area (Å²) in [6, 6.07) is 0.624. The van der Waals surface area contributed by atoms with Crippen molar-refractivity contribution in [1.29, 1.82) is 0 Å². The molecule has 0 aromatic carbocycles. The fraction of sp³-hybridized carbons (Fsp3) is 1.00. The van der Waals surface area contributed by atoms with E-state index in [4.69, 9.17) is 4.74 Å². The zero-order valence-electron chi connectivity index (χ0n) is 8.00. The smallest absolute Gasteiger partial charge is 0.0997 e. The Morgan fingerprint density at radius 2 is 1.91 bits per heavy atom. The van der Waals surface area contributed by atoms with Gasteiger partial charge in [-0.15, -0.1) is 0 Å². The van der Waals surface area contributed by atoms with Gasteiger partial charge in [0.15, 0.2) is 0 Å². The third kappa shape index (κ3) is 2.17. The summed E-state index contributed by atoms with van der Waals surface area (Å²) in [7, 11) is 0. The van der Waals surface area contributed by atoms with E-state index in [9.17, 15) is 0 Å². The van der Waals surface area contributed by atoms with E-state index < -0.39 is 0 Å². The summed E-state index contributed by atoms with van der Waals surface area (Å²) >= 11 is 0. The van der Waals surface area contributed by atoms with Gasteiger partial charge < -0.3 is 4.74 Å². The van der Waals surface area contributed by atoms with Crippen molar-refractivity contribution in [1.82, 2.24) is 4.90 Å². The van der Waals surface area contributed by atoms with E-state index in [2.05, 4.69) is 32.6 Å². The highest BCUT2D eigenvalue weighted by Gasteiger charge is 2.26. The average Bonchev–Trinajstić information content (AvgIpc) is 2.33. The lowest BCUT2D eigenvalue weighted by atomic mass is 10.1. The normalized spacial score (nSPS) is 27.3. The molecule has 0 aromatic heterocycles. The highest BCUT2D eigenvalue weighted by Crippen LogP contribution is 2.17. The topological polar surface area (TPSA) is 12.5 Å². The summed E-state index contributed by atoms with van der Waals surface area (Å²) in [4.78, 5) is 2.37. The van der Waals surface area contributed by atoms with E-state index in [1.54, 1.807) is 0 Å². The predicted molar refractivity (Wildman–Crippen MR) is 46.4 cm³/mol. The van der Waals surface area contributed by atoms with Gasteiger partial charge in [-0.05, 0) is 19.8 Å².